The summed E-state index contributed by atoms with van der Waals surface area (Å²) < 4.78 is 12.9. The molecule has 0 atom stereocenters. The second kappa shape index (κ2) is 6.66. The predicted octanol–water partition coefficient (Wildman–Crippen LogP) is 3.34. The molecule has 0 unspecified atom stereocenters. The molecule has 0 bridgehead atoms. The molecule has 0 heterocycles. The monoisotopic (exact) mass is 288 g/mol. The first-order valence-corrected chi connectivity index (χ1v) is 6.23. The number of rotatable bonds is 3. The van der Waals surface area contributed by atoms with Gasteiger partial charge in [0, 0.05) is 12.1 Å². The van der Waals surface area contributed by atoms with E-state index in [-0.39, 0.29) is 22.0 Å². The van der Waals surface area contributed by atoms with Gasteiger partial charge in [0.1, 0.15) is 5.82 Å². The molecular formula is C12H14ClFN2OS. The van der Waals surface area contributed by atoms with Gasteiger partial charge in [0.25, 0.3) is 0 Å². The number of carbonyl (C=O) groups excluding carboxylic acids is 1. The van der Waals surface area contributed by atoms with Crippen molar-refractivity contribution in [3.8, 4) is 0 Å². The fourth-order valence-electron chi connectivity index (χ4n) is 1.28. The summed E-state index contributed by atoms with van der Waals surface area (Å²) in [6, 6.07) is 4.11. The number of hydrogen-bond acceptors (Lipinski definition) is 2. The van der Waals surface area contributed by atoms with E-state index < -0.39 is 5.82 Å². The highest BCUT2D eigenvalue weighted by molar-refractivity contribution is 7.80. The molecule has 0 saturated heterocycles. The third kappa shape index (κ3) is 4.98. The van der Waals surface area contributed by atoms with E-state index in [0.717, 1.165) is 0 Å². The number of nitrogens with one attached hydrogen (secondary N) is 2. The van der Waals surface area contributed by atoms with Crippen molar-refractivity contribution < 1.29 is 9.18 Å². The lowest BCUT2D eigenvalue weighted by atomic mass is 10.1. The maximum absolute atomic E-state index is 12.9. The molecule has 0 fully saturated rings. The molecule has 0 saturated carbocycles. The zero-order valence-corrected chi connectivity index (χ0v) is 11.7. The van der Waals surface area contributed by atoms with Gasteiger partial charge in [-0.2, -0.15) is 0 Å². The van der Waals surface area contributed by atoms with E-state index in [1.807, 2.05) is 13.8 Å². The van der Waals surface area contributed by atoms with E-state index in [0.29, 0.717) is 12.1 Å². The molecule has 0 aliphatic heterocycles. The van der Waals surface area contributed by atoms with Crippen LogP contribution >= 0.6 is 23.8 Å². The van der Waals surface area contributed by atoms with Gasteiger partial charge >= 0.3 is 0 Å². The molecule has 1 rings (SSSR count). The van der Waals surface area contributed by atoms with Gasteiger partial charge in [0.05, 0.1) is 5.02 Å². The number of amides is 1. The number of benzene rings is 1. The second-order valence-corrected chi connectivity index (χ2v) is 5.04. The smallest absolute Gasteiger partial charge is 0.226 e. The quantitative estimate of drug-likeness (QED) is 0.838. The summed E-state index contributed by atoms with van der Waals surface area (Å²) in [4.78, 5) is 11.5. The van der Waals surface area contributed by atoms with E-state index in [1.165, 1.54) is 18.2 Å². The van der Waals surface area contributed by atoms with Crippen molar-refractivity contribution in [1.82, 2.24) is 5.32 Å². The minimum absolute atomic E-state index is 0.00342. The molecule has 2 N–H and O–H groups in total. The first-order chi connectivity index (χ1) is 8.38. The fraction of sp³-hybridized carbons (Fsp3) is 0.333. The Kier molecular flexibility index (Phi) is 5.50. The van der Waals surface area contributed by atoms with Crippen LogP contribution in [0.3, 0.4) is 0 Å². The number of halogens is 2. The lowest BCUT2D eigenvalue weighted by Gasteiger charge is -2.10. The number of thiocarbonyl (C=S) groups is 1. The second-order valence-electron chi connectivity index (χ2n) is 4.23. The van der Waals surface area contributed by atoms with Crippen molar-refractivity contribution in [1.29, 1.82) is 0 Å². The zero-order valence-electron chi connectivity index (χ0n) is 10.1. The molecule has 0 spiro atoms. The summed E-state index contributed by atoms with van der Waals surface area (Å²) in [5, 5.41) is 5.47. The molecule has 0 radical (unpaired) electrons. The number of carbonyl (C=O) groups is 1. The zero-order chi connectivity index (χ0) is 13.7. The van der Waals surface area contributed by atoms with Gasteiger partial charge < -0.3 is 10.6 Å². The molecule has 98 valence electrons. The Hall–Kier alpha value is -1.20. The minimum atomic E-state index is -0.503. The molecule has 6 heteroatoms. The van der Waals surface area contributed by atoms with Crippen LogP contribution < -0.4 is 10.6 Å². The topological polar surface area (TPSA) is 41.1 Å². The van der Waals surface area contributed by atoms with E-state index in [9.17, 15) is 9.18 Å². The van der Waals surface area contributed by atoms with Gasteiger partial charge in [0.2, 0.25) is 5.91 Å². The Morgan fingerprint density at radius 2 is 2.17 bits per heavy atom. The van der Waals surface area contributed by atoms with Crippen LogP contribution in [0, 0.1) is 11.7 Å². The Labute approximate surface area is 116 Å². The SMILES string of the molecule is CC(C)CC(=O)NC(=S)Nc1ccc(F)c(Cl)c1. The van der Waals surface area contributed by atoms with Crippen LogP contribution in [0.25, 0.3) is 0 Å². The van der Waals surface area contributed by atoms with Crippen molar-refractivity contribution in [3.63, 3.8) is 0 Å². The van der Waals surface area contributed by atoms with Crippen LogP contribution in [0.4, 0.5) is 10.1 Å². The largest absolute Gasteiger partial charge is 0.332 e. The molecule has 0 aliphatic rings. The molecule has 1 aromatic carbocycles. The summed E-state index contributed by atoms with van der Waals surface area (Å²) in [7, 11) is 0. The Bertz CT molecular complexity index is 465. The molecule has 0 aliphatic carbocycles. The van der Waals surface area contributed by atoms with Crippen LogP contribution in [-0.4, -0.2) is 11.0 Å². The number of hydrogen-bond donors (Lipinski definition) is 2. The average Bonchev–Trinajstić information content (AvgIpc) is 2.21. The van der Waals surface area contributed by atoms with Crippen LogP contribution in [0.2, 0.25) is 5.02 Å². The standard InChI is InChI=1S/C12H14ClFN2OS/c1-7(2)5-11(17)16-12(18)15-8-3-4-10(14)9(13)6-8/h3-4,6-7H,5H2,1-2H3,(H2,15,16,17,18). The van der Waals surface area contributed by atoms with Crippen molar-refractivity contribution in [3.05, 3.63) is 29.0 Å². The van der Waals surface area contributed by atoms with Crippen LogP contribution in [0.15, 0.2) is 18.2 Å². The predicted molar refractivity (Wildman–Crippen MR) is 75.2 cm³/mol. The van der Waals surface area contributed by atoms with Gasteiger partial charge in [-0.3, -0.25) is 4.79 Å². The fourth-order valence-corrected chi connectivity index (χ4v) is 1.70. The third-order valence-corrected chi connectivity index (χ3v) is 2.52. The Morgan fingerprint density at radius 1 is 1.50 bits per heavy atom. The molecule has 1 amide bonds. The lowest BCUT2D eigenvalue weighted by Crippen LogP contribution is -2.34. The maximum Gasteiger partial charge on any atom is 0.226 e. The molecule has 3 nitrogen and oxygen atoms in total. The molecular weight excluding hydrogens is 275 g/mol. The molecule has 0 aromatic heterocycles. The highest BCUT2D eigenvalue weighted by Crippen LogP contribution is 2.19. The van der Waals surface area contributed by atoms with Crippen molar-refractivity contribution in [2.45, 2.75) is 20.3 Å². The van der Waals surface area contributed by atoms with Gasteiger partial charge in [0.15, 0.2) is 5.11 Å². The van der Waals surface area contributed by atoms with Crippen LogP contribution in [0.5, 0.6) is 0 Å². The normalized spacial score (nSPS) is 10.3. The van der Waals surface area contributed by atoms with E-state index in [1.54, 1.807) is 0 Å². The minimum Gasteiger partial charge on any atom is -0.332 e. The van der Waals surface area contributed by atoms with Crippen LogP contribution in [0.1, 0.15) is 20.3 Å². The first kappa shape index (κ1) is 14.9. The van der Waals surface area contributed by atoms with Gasteiger partial charge in [-0.1, -0.05) is 25.4 Å². The van der Waals surface area contributed by atoms with Gasteiger partial charge in [-0.15, -0.1) is 0 Å². The van der Waals surface area contributed by atoms with E-state index >= 15 is 0 Å². The first-order valence-electron chi connectivity index (χ1n) is 5.44. The lowest BCUT2D eigenvalue weighted by molar-refractivity contribution is -0.120. The summed E-state index contributed by atoms with van der Waals surface area (Å²) in [6.07, 6.45) is 0.395. The van der Waals surface area contributed by atoms with E-state index in [4.69, 9.17) is 23.8 Å². The Morgan fingerprint density at radius 3 is 2.72 bits per heavy atom. The summed E-state index contributed by atoms with van der Waals surface area (Å²) in [5.74, 6) is -0.402. The molecule has 18 heavy (non-hydrogen) atoms. The summed E-state index contributed by atoms with van der Waals surface area (Å²) in [5.41, 5.74) is 0.524. The van der Waals surface area contributed by atoms with Gasteiger partial charge in [-0.25, -0.2) is 4.39 Å². The average molecular weight is 289 g/mol. The third-order valence-electron chi connectivity index (χ3n) is 2.02. The van der Waals surface area contributed by atoms with Crippen LogP contribution in [-0.2, 0) is 4.79 Å². The van der Waals surface area contributed by atoms with Crippen molar-refractivity contribution in [2.75, 3.05) is 5.32 Å². The molecule has 1 aromatic rings. The van der Waals surface area contributed by atoms with E-state index in [2.05, 4.69) is 10.6 Å². The highest BCUT2D eigenvalue weighted by atomic mass is 35.5. The van der Waals surface area contributed by atoms with Crippen molar-refractivity contribution in [2.24, 2.45) is 5.92 Å². The summed E-state index contributed by atoms with van der Waals surface area (Å²) in [6.45, 7) is 3.88. The Balaban J connectivity index is 2.54. The number of anilines is 1. The maximum atomic E-state index is 12.9. The van der Waals surface area contributed by atoms with Crippen molar-refractivity contribution >= 4 is 40.5 Å². The highest BCUT2D eigenvalue weighted by Gasteiger charge is 2.08. The van der Waals surface area contributed by atoms with Gasteiger partial charge in [-0.05, 0) is 36.3 Å². The summed E-state index contributed by atoms with van der Waals surface area (Å²) >= 11 is 10.6.